The zero-order chi connectivity index (χ0) is 25.4. The normalized spacial score (nSPS) is 12.0. The number of nitrogens with one attached hydrogen (secondary N) is 1. The molecule has 0 amide bonds. The monoisotopic (exact) mass is 491 g/mol. The van der Waals surface area contributed by atoms with E-state index in [1.54, 1.807) is 38.1 Å². The molecule has 1 aromatic heterocycles. The highest BCUT2D eigenvalue weighted by molar-refractivity contribution is 7.92. The maximum absolute atomic E-state index is 13.1. The fraction of sp³-hybridized carbons (Fsp3) is 0.250. The van der Waals surface area contributed by atoms with Crippen molar-refractivity contribution >= 4 is 32.6 Å². The summed E-state index contributed by atoms with van der Waals surface area (Å²) in [5.41, 5.74) is 3.65. The van der Waals surface area contributed by atoms with Crippen molar-refractivity contribution < 1.29 is 22.4 Å². The van der Waals surface area contributed by atoms with E-state index >= 15 is 0 Å². The van der Waals surface area contributed by atoms with Crippen LogP contribution in [0.4, 0.5) is 5.69 Å². The summed E-state index contributed by atoms with van der Waals surface area (Å²) in [5.74, 6) is -0.115. The summed E-state index contributed by atoms with van der Waals surface area (Å²) >= 11 is 0. The summed E-state index contributed by atoms with van der Waals surface area (Å²) in [7, 11) is -3.84. The molecule has 4 rings (SSSR count). The van der Waals surface area contributed by atoms with E-state index in [1.165, 1.54) is 0 Å². The zero-order valence-electron chi connectivity index (χ0n) is 20.5. The third kappa shape index (κ3) is 5.25. The van der Waals surface area contributed by atoms with Crippen molar-refractivity contribution in [3.63, 3.8) is 0 Å². The van der Waals surface area contributed by atoms with Gasteiger partial charge in [-0.3, -0.25) is 4.72 Å². The van der Waals surface area contributed by atoms with Crippen LogP contribution in [-0.4, -0.2) is 14.4 Å². The Kier molecular flexibility index (Phi) is 6.47. The van der Waals surface area contributed by atoms with E-state index in [1.807, 2.05) is 42.5 Å². The molecule has 0 unspecified atom stereocenters. The molecule has 0 aliphatic heterocycles. The first-order chi connectivity index (χ1) is 16.5. The van der Waals surface area contributed by atoms with E-state index in [4.69, 9.17) is 9.15 Å². The van der Waals surface area contributed by atoms with Crippen molar-refractivity contribution in [3.8, 4) is 0 Å². The quantitative estimate of drug-likeness (QED) is 0.311. The number of esters is 1. The molecule has 0 spiro atoms. The van der Waals surface area contributed by atoms with Crippen LogP contribution in [0.2, 0.25) is 0 Å². The van der Waals surface area contributed by atoms with Gasteiger partial charge in [-0.05, 0) is 60.2 Å². The van der Waals surface area contributed by atoms with Crippen LogP contribution < -0.4 is 4.72 Å². The largest absolute Gasteiger partial charge is 0.460 e. The number of carbonyl (C=O) groups is 1. The lowest BCUT2D eigenvalue weighted by Gasteiger charge is -2.19. The van der Waals surface area contributed by atoms with Gasteiger partial charge in [-0.1, -0.05) is 63.2 Å². The van der Waals surface area contributed by atoms with Crippen molar-refractivity contribution in [2.75, 3.05) is 4.72 Å². The van der Waals surface area contributed by atoms with Crippen molar-refractivity contribution in [3.05, 3.63) is 94.7 Å². The molecule has 6 nitrogen and oxygen atoms in total. The summed E-state index contributed by atoms with van der Waals surface area (Å²) in [5, 5.41) is 0.493. The van der Waals surface area contributed by atoms with Crippen LogP contribution in [0.25, 0.3) is 11.0 Å². The summed E-state index contributed by atoms with van der Waals surface area (Å²) in [6, 6.07) is 19.6. The van der Waals surface area contributed by atoms with Crippen LogP contribution >= 0.6 is 0 Å². The van der Waals surface area contributed by atoms with Crippen LogP contribution in [0.3, 0.4) is 0 Å². The summed E-state index contributed by atoms with van der Waals surface area (Å²) in [6.45, 7) is 9.82. The summed E-state index contributed by atoms with van der Waals surface area (Å²) in [6.07, 6.45) is 0. The van der Waals surface area contributed by atoms with Crippen molar-refractivity contribution in [1.29, 1.82) is 0 Å². The Bertz CT molecular complexity index is 1480. The molecule has 0 aliphatic rings. The van der Waals surface area contributed by atoms with E-state index in [2.05, 4.69) is 25.5 Å². The second-order valence-corrected chi connectivity index (χ2v) is 11.3. The Balaban J connectivity index is 1.63. The van der Waals surface area contributed by atoms with E-state index in [-0.39, 0.29) is 22.5 Å². The number of hydrogen-bond acceptors (Lipinski definition) is 5. The Morgan fingerprint density at radius 1 is 0.971 bits per heavy atom. The minimum absolute atomic E-state index is 0.0813. The van der Waals surface area contributed by atoms with Gasteiger partial charge in [0.2, 0.25) is 0 Å². The number of benzene rings is 3. The predicted molar refractivity (Wildman–Crippen MR) is 137 cm³/mol. The number of furan rings is 1. The smallest absolute Gasteiger partial charge is 0.342 e. The summed E-state index contributed by atoms with van der Waals surface area (Å²) in [4.78, 5) is 13.1. The van der Waals surface area contributed by atoms with Gasteiger partial charge in [0.05, 0.1) is 10.6 Å². The van der Waals surface area contributed by atoms with Crippen LogP contribution in [0, 0.1) is 13.8 Å². The molecule has 35 heavy (non-hydrogen) atoms. The molecule has 0 saturated carbocycles. The van der Waals surface area contributed by atoms with Crippen LogP contribution in [0.5, 0.6) is 0 Å². The van der Waals surface area contributed by atoms with Gasteiger partial charge in [0.1, 0.15) is 23.5 Å². The SMILES string of the molecule is Cc1cc2oc(C)c(C(=O)OCc3ccccc3)c2cc1NS(=O)(=O)c1ccc(C(C)(C)C)cc1. The highest BCUT2D eigenvalue weighted by Gasteiger charge is 2.23. The van der Waals surface area contributed by atoms with Crippen LogP contribution in [-0.2, 0) is 26.8 Å². The molecule has 0 fully saturated rings. The molecule has 182 valence electrons. The second kappa shape index (κ2) is 9.23. The lowest BCUT2D eigenvalue weighted by Crippen LogP contribution is -2.15. The molecule has 0 bridgehead atoms. The number of hydrogen-bond donors (Lipinski definition) is 1. The van der Waals surface area contributed by atoms with Gasteiger partial charge < -0.3 is 9.15 Å². The Morgan fingerprint density at radius 3 is 2.26 bits per heavy atom. The second-order valence-electron chi connectivity index (χ2n) is 9.64. The van der Waals surface area contributed by atoms with Crippen molar-refractivity contribution in [1.82, 2.24) is 0 Å². The Morgan fingerprint density at radius 2 is 1.63 bits per heavy atom. The van der Waals surface area contributed by atoms with Gasteiger partial charge >= 0.3 is 5.97 Å². The van der Waals surface area contributed by atoms with E-state index in [0.29, 0.717) is 28.0 Å². The Hall–Kier alpha value is -3.58. The number of sulfonamides is 1. The maximum Gasteiger partial charge on any atom is 0.342 e. The number of rotatable bonds is 6. The van der Waals surface area contributed by atoms with Crippen LogP contribution in [0.15, 0.2) is 76.0 Å². The molecule has 3 aromatic carbocycles. The fourth-order valence-electron chi connectivity index (χ4n) is 3.86. The van der Waals surface area contributed by atoms with E-state index < -0.39 is 16.0 Å². The number of ether oxygens (including phenoxy) is 1. The van der Waals surface area contributed by atoms with Crippen LogP contribution in [0.1, 0.15) is 53.6 Å². The van der Waals surface area contributed by atoms with Crippen molar-refractivity contribution in [2.45, 2.75) is 51.5 Å². The van der Waals surface area contributed by atoms with Crippen molar-refractivity contribution in [2.24, 2.45) is 0 Å². The van der Waals surface area contributed by atoms with Gasteiger partial charge in [0.25, 0.3) is 10.0 Å². The third-order valence-electron chi connectivity index (χ3n) is 5.90. The van der Waals surface area contributed by atoms with Gasteiger partial charge in [-0.2, -0.15) is 0 Å². The lowest BCUT2D eigenvalue weighted by atomic mass is 9.87. The molecule has 7 heteroatoms. The average molecular weight is 492 g/mol. The molecular formula is C28H29NO5S. The van der Waals surface area contributed by atoms with E-state index in [9.17, 15) is 13.2 Å². The molecule has 1 N–H and O–H groups in total. The van der Waals surface area contributed by atoms with Gasteiger partial charge in [-0.15, -0.1) is 0 Å². The Labute approximate surface area is 206 Å². The maximum atomic E-state index is 13.1. The highest BCUT2D eigenvalue weighted by Crippen LogP contribution is 2.32. The molecule has 0 atom stereocenters. The first kappa shape index (κ1) is 24.5. The third-order valence-corrected chi connectivity index (χ3v) is 7.28. The highest BCUT2D eigenvalue weighted by atomic mass is 32.2. The topological polar surface area (TPSA) is 85.6 Å². The van der Waals surface area contributed by atoms with Gasteiger partial charge in [-0.25, -0.2) is 13.2 Å². The number of aryl methyl sites for hydroxylation is 2. The fourth-order valence-corrected chi connectivity index (χ4v) is 4.99. The lowest BCUT2D eigenvalue weighted by molar-refractivity contribution is 0.0472. The molecule has 0 radical (unpaired) electrons. The number of carbonyl (C=O) groups excluding carboxylic acids is 1. The first-order valence-electron chi connectivity index (χ1n) is 11.3. The predicted octanol–water partition coefficient (Wildman–Crippen LogP) is 6.50. The van der Waals surface area contributed by atoms with Gasteiger partial charge in [0.15, 0.2) is 0 Å². The zero-order valence-corrected chi connectivity index (χ0v) is 21.3. The standard InChI is InChI=1S/C28H29NO5S/c1-18-15-25-23(26(19(2)34-25)27(30)33-17-20-9-7-6-8-10-20)16-24(18)29-35(31,32)22-13-11-21(12-14-22)28(3,4)5/h6-16,29H,17H2,1-5H3. The molecule has 4 aromatic rings. The molecular weight excluding hydrogens is 462 g/mol. The van der Waals surface area contributed by atoms with E-state index in [0.717, 1.165) is 11.1 Å². The number of fused-ring (bicyclic) bond motifs is 1. The molecule has 1 heterocycles. The first-order valence-corrected chi connectivity index (χ1v) is 12.8. The molecule has 0 aliphatic carbocycles. The number of anilines is 1. The molecule has 0 saturated heterocycles. The van der Waals surface area contributed by atoms with Gasteiger partial charge in [0, 0.05) is 5.39 Å². The minimum Gasteiger partial charge on any atom is -0.460 e. The average Bonchev–Trinajstić information content (AvgIpc) is 3.12. The summed E-state index contributed by atoms with van der Waals surface area (Å²) < 4.78 is 40.2. The minimum atomic E-state index is -3.84.